The number of benzene rings is 1. The van der Waals surface area contributed by atoms with Crippen LogP contribution in [0.1, 0.15) is 31.9 Å². The molecule has 0 atom stereocenters. The molecule has 7 heteroatoms. The minimum atomic E-state index is 0. The Morgan fingerprint density at radius 2 is 1.44 bits per heavy atom. The Bertz CT molecular complexity index is 298. The number of carbonyl (C=O) groups excluding carboxylic acids is 1. The molecular weight excluding hydrogens is 1580 g/mol. The first kappa shape index (κ1) is 38.6. The van der Waals surface area contributed by atoms with Gasteiger partial charge in [0.25, 0.3) is 0 Å². The van der Waals surface area contributed by atoms with Gasteiger partial charge in [-0.3, -0.25) is 11.6 Å². The van der Waals surface area contributed by atoms with E-state index in [1.165, 1.54) is 0 Å². The molecule has 1 aromatic rings. The fraction of sp³-hybridized carbons (Fsp3) is 0.364. The van der Waals surface area contributed by atoms with Crippen LogP contribution in [0, 0.1) is 193 Å². The van der Waals surface area contributed by atoms with Gasteiger partial charge in [0.1, 0.15) is 0 Å². The Hall–Kier alpha value is 5.20. The molecular formula is C11H12OU6-2. The molecule has 0 saturated heterocycles. The molecule has 0 saturated carbocycles. The van der Waals surface area contributed by atoms with Crippen LogP contribution in [0.25, 0.3) is 0 Å². The van der Waals surface area contributed by atoms with E-state index in [2.05, 4.69) is 26.8 Å². The van der Waals surface area contributed by atoms with E-state index in [0.29, 0.717) is 5.56 Å². The van der Waals surface area contributed by atoms with Crippen LogP contribution in [0.15, 0.2) is 18.2 Å². The molecule has 1 nitrogen and oxygen atoms in total. The fourth-order valence-corrected chi connectivity index (χ4v) is 0.992. The quantitative estimate of drug-likeness (QED) is 0.396. The molecule has 0 aliphatic carbocycles. The van der Waals surface area contributed by atoms with E-state index in [9.17, 15) is 4.79 Å². The van der Waals surface area contributed by atoms with Crippen molar-refractivity contribution in [2.24, 2.45) is 0 Å². The molecule has 0 amide bonds. The topological polar surface area (TPSA) is 17.1 Å². The van der Waals surface area contributed by atoms with Crippen LogP contribution in [0.4, 0.5) is 0 Å². The normalized spacial score (nSPS) is 7.50. The Balaban J connectivity index is -0.0000000600. The van der Waals surface area contributed by atoms with E-state index >= 15 is 0 Å². The van der Waals surface area contributed by atoms with Gasteiger partial charge in [-0.2, -0.15) is 0 Å². The number of rotatable bonds is 1. The van der Waals surface area contributed by atoms with Crippen LogP contribution >= 0.6 is 0 Å². The summed E-state index contributed by atoms with van der Waals surface area (Å²) in [4.78, 5) is 10.3. The molecule has 0 fully saturated rings. The van der Waals surface area contributed by atoms with Gasteiger partial charge in [-0.1, -0.05) is 20.8 Å². The van der Waals surface area contributed by atoms with Gasteiger partial charge in [-0.25, -0.2) is 23.8 Å². The number of hydrogen-bond donors (Lipinski definition) is 0. The second kappa shape index (κ2) is 20.2. The predicted molar refractivity (Wildman–Crippen MR) is 48.8 cm³/mol. The van der Waals surface area contributed by atoms with Crippen molar-refractivity contribution in [3.8, 4) is 0 Å². The fourth-order valence-electron chi connectivity index (χ4n) is 0.992. The maximum atomic E-state index is 10.3. The van der Waals surface area contributed by atoms with E-state index in [-0.39, 0.29) is 192 Å². The molecule has 0 heterocycles. The SMILES string of the molecule is CC(C)(C)c1cc[c-]c([C-]=O)c1.[U].[U].[U].[U].[U].[U]. The monoisotopic (exact) mass is 1590 g/mol. The third-order valence-electron chi connectivity index (χ3n) is 1.78. The maximum Gasteiger partial charge on any atom is 0 e. The average molecular weight is 1590 g/mol. The van der Waals surface area contributed by atoms with Gasteiger partial charge in [0.15, 0.2) is 0 Å². The Labute approximate surface area is 253 Å². The summed E-state index contributed by atoms with van der Waals surface area (Å²) in [6.45, 7) is 6.32. The molecule has 1 rings (SSSR count). The summed E-state index contributed by atoms with van der Waals surface area (Å²) in [7, 11) is 0. The first-order chi connectivity index (χ1) is 5.54. The van der Waals surface area contributed by atoms with Crippen molar-refractivity contribution in [3.05, 3.63) is 35.4 Å². The first-order valence-electron chi connectivity index (χ1n) is 3.94. The van der Waals surface area contributed by atoms with Gasteiger partial charge in [0.05, 0.1) is 0 Å². The minimum Gasteiger partial charge on any atom is -0.420 e. The largest absolute Gasteiger partial charge is 0.420 e. The molecule has 0 aromatic heterocycles. The Morgan fingerprint density at radius 1 is 1.00 bits per heavy atom. The van der Waals surface area contributed by atoms with Crippen molar-refractivity contribution >= 4 is 6.29 Å². The van der Waals surface area contributed by atoms with Crippen LogP contribution in [0.3, 0.4) is 0 Å². The summed E-state index contributed by atoms with van der Waals surface area (Å²) >= 11 is 0. The number of hydrogen-bond acceptors (Lipinski definition) is 1. The van der Waals surface area contributed by atoms with E-state index < -0.39 is 0 Å². The Kier molecular flexibility index (Phi) is 43.5. The zero-order valence-corrected chi connectivity index (χ0v) is 35.6. The van der Waals surface area contributed by atoms with Crippen LogP contribution in [0.5, 0.6) is 0 Å². The van der Waals surface area contributed by atoms with Crippen molar-refractivity contribution in [2.75, 3.05) is 0 Å². The summed E-state index contributed by atoms with van der Waals surface area (Å²) in [5.74, 6) is 0. The van der Waals surface area contributed by atoms with E-state index in [1.54, 1.807) is 6.07 Å². The standard InChI is InChI=1S/C11H12O.6U/c1-11(2,3)10-6-4-5-9(7-10)8-12;;;;;;/h4,6-7H,1-3H3;;;;;;/q-2;;;;;;. The van der Waals surface area contributed by atoms with Crippen LogP contribution < -0.4 is 0 Å². The summed E-state index contributed by atoms with van der Waals surface area (Å²) in [6, 6.07) is 8.37. The molecule has 0 aliphatic rings. The average Bonchev–Trinajstić information content (AvgIpc) is 2.03. The summed E-state index contributed by atoms with van der Waals surface area (Å²) < 4.78 is 0. The molecule has 0 unspecified atom stereocenters. The van der Waals surface area contributed by atoms with Gasteiger partial charge >= 0.3 is 0 Å². The summed E-state index contributed by atoms with van der Waals surface area (Å²) in [5.41, 5.74) is 1.72. The van der Waals surface area contributed by atoms with Crippen LogP contribution in [0.2, 0.25) is 0 Å². The molecule has 0 aliphatic heterocycles. The van der Waals surface area contributed by atoms with Gasteiger partial charge in [0, 0.05) is 187 Å². The van der Waals surface area contributed by atoms with Gasteiger partial charge in [0.2, 0.25) is 0 Å². The third kappa shape index (κ3) is 16.1. The summed E-state index contributed by atoms with van der Waals surface area (Å²) in [6.07, 6.45) is 1.83. The second-order valence-electron chi connectivity index (χ2n) is 3.84. The first-order valence-corrected chi connectivity index (χ1v) is 3.94. The molecule has 0 spiro atoms. The van der Waals surface area contributed by atoms with Crippen molar-refractivity contribution in [1.29, 1.82) is 0 Å². The molecule has 0 bridgehead atoms. The molecule has 0 N–H and O–H groups in total. The smallest absolute Gasteiger partial charge is 0 e. The van der Waals surface area contributed by atoms with E-state index in [4.69, 9.17) is 0 Å². The molecule has 88 valence electrons. The molecule has 1 aromatic carbocycles. The van der Waals surface area contributed by atoms with Crippen LogP contribution in [-0.2, 0) is 10.2 Å². The van der Waals surface area contributed by atoms with Crippen molar-refractivity contribution in [3.63, 3.8) is 0 Å². The predicted octanol–water partition coefficient (Wildman–Crippen LogP) is 2.24. The molecule has 0 radical (unpaired) electrons. The van der Waals surface area contributed by atoms with Crippen molar-refractivity contribution < 1.29 is 191 Å². The minimum absolute atomic E-state index is 0. The maximum absolute atomic E-state index is 10.3. The van der Waals surface area contributed by atoms with Crippen LogP contribution in [-0.4, -0.2) is 6.29 Å². The van der Waals surface area contributed by atoms with Gasteiger partial charge < -0.3 is 4.79 Å². The van der Waals surface area contributed by atoms with Crippen molar-refractivity contribution in [2.45, 2.75) is 26.2 Å². The van der Waals surface area contributed by atoms with Gasteiger partial charge in [-0.15, -0.1) is 0 Å². The third-order valence-corrected chi connectivity index (χ3v) is 1.78. The van der Waals surface area contributed by atoms with Gasteiger partial charge in [-0.05, 0) is 11.7 Å². The van der Waals surface area contributed by atoms with Crippen molar-refractivity contribution in [1.82, 2.24) is 0 Å². The summed E-state index contributed by atoms with van der Waals surface area (Å²) in [5, 5.41) is 0. The second-order valence-corrected chi connectivity index (χ2v) is 3.84. The van der Waals surface area contributed by atoms with E-state index in [0.717, 1.165) is 5.56 Å². The zero-order chi connectivity index (χ0) is 9.19. The zero-order valence-electron chi connectivity index (χ0n) is 10.6. The molecule has 18 heavy (non-hydrogen) atoms. The Morgan fingerprint density at radius 3 is 1.78 bits per heavy atom. The van der Waals surface area contributed by atoms with E-state index in [1.807, 2.05) is 18.4 Å².